The lowest BCUT2D eigenvalue weighted by Gasteiger charge is -2.21. The quantitative estimate of drug-likeness (QED) is 0.0222. The Kier molecular flexibility index (Phi) is 69.6. The molecule has 0 heterocycles. The molecule has 0 aromatic carbocycles. The van der Waals surface area contributed by atoms with Crippen molar-refractivity contribution in [3.63, 3.8) is 0 Å². The topological polar surface area (TPSA) is 237 Å². The summed E-state index contributed by atoms with van der Waals surface area (Å²) in [6.07, 6.45) is 58.8. The fourth-order valence-electron chi connectivity index (χ4n) is 12.6. The lowest BCUT2D eigenvalue weighted by molar-refractivity contribution is -0.161. The highest BCUT2D eigenvalue weighted by molar-refractivity contribution is 7.47. The molecule has 0 spiro atoms. The minimum absolute atomic E-state index is 0.102. The van der Waals surface area contributed by atoms with Gasteiger partial charge in [-0.3, -0.25) is 37.3 Å². The van der Waals surface area contributed by atoms with Crippen molar-refractivity contribution in [1.82, 2.24) is 0 Å². The summed E-state index contributed by atoms with van der Waals surface area (Å²) >= 11 is 0. The van der Waals surface area contributed by atoms with Crippen molar-refractivity contribution >= 4 is 39.5 Å². The van der Waals surface area contributed by atoms with E-state index in [9.17, 15) is 43.2 Å². The van der Waals surface area contributed by atoms with E-state index in [0.717, 1.165) is 108 Å². The molecule has 5 atom stereocenters. The van der Waals surface area contributed by atoms with Crippen molar-refractivity contribution in [2.24, 2.45) is 23.7 Å². The summed E-state index contributed by atoms with van der Waals surface area (Å²) in [5.74, 6) is 0.897. The number of aliphatic hydroxyl groups excluding tert-OH is 1. The molecule has 3 unspecified atom stereocenters. The SMILES string of the molecule is CC(C)CCCCCCCCCCCCCCCCCCCCC(=O)OC[C@H](COP(=O)(O)OCC(O)COP(=O)(O)OC[C@@H](COC(=O)CCCCCCCCCC(C)C)OC(=O)CCCCCCCCCCCCCCCCCCCCC(C)C)OC(=O)CCCCCCCCC(C)C. The number of phosphoric acid groups is 2. The van der Waals surface area contributed by atoms with Gasteiger partial charge in [0, 0.05) is 25.7 Å². The molecule has 3 N–H and O–H groups in total. The van der Waals surface area contributed by atoms with Gasteiger partial charge in [0.15, 0.2) is 12.2 Å². The summed E-state index contributed by atoms with van der Waals surface area (Å²) in [5.41, 5.74) is 0. The van der Waals surface area contributed by atoms with Crippen LogP contribution in [0.25, 0.3) is 0 Å². The molecule has 0 aliphatic rings. The van der Waals surface area contributed by atoms with E-state index >= 15 is 0 Å². The molecule has 17 nitrogen and oxygen atoms in total. The lowest BCUT2D eigenvalue weighted by atomic mass is 10.0. The maximum atomic E-state index is 13.1. The third-order valence-electron chi connectivity index (χ3n) is 19.1. The number of carbonyl (C=O) groups is 4. The first kappa shape index (κ1) is 99.1. The normalized spacial score (nSPS) is 14.0. The lowest BCUT2D eigenvalue weighted by Crippen LogP contribution is -2.30. The van der Waals surface area contributed by atoms with Gasteiger partial charge < -0.3 is 33.8 Å². The summed E-state index contributed by atoms with van der Waals surface area (Å²) in [6.45, 7) is 14.2. The van der Waals surface area contributed by atoms with Gasteiger partial charge in [-0.2, -0.15) is 0 Å². The number of carbonyl (C=O) groups excluding carboxylic acids is 4. The van der Waals surface area contributed by atoms with E-state index in [1.807, 2.05) is 0 Å². The standard InChI is InChI=1S/C82H160O17P2/c1-72(2)58-50-42-34-29-25-21-17-13-9-11-15-19-23-27-31-37-46-54-62-79(84)92-69-78(99-82(87)65-57-49-41-40-45-53-61-75(7)8)71-97-101(90,91)95-67-76(83)66-94-100(88,89)96-70-77(68-93-80(85)63-55-47-39-33-36-44-52-60-74(5)6)98-81(86)64-56-48-38-32-28-24-20-16-12-10-14-18-22-26-30-35-43-51-59-73(3)4/h72-78,83H,9-71H2,1-8H3,(H,88,89)(H,90,91)/t76?,77-,78-/m1/s1. The van der Waals surface area contributed by atoms with E-state index in [4.69, 9.17) is 37.0 Å². The molecule has 0 aliphatic heterocycles. The van der Waals surface area contributed by atoms with Crippen molar-refractivity contribution in [1.29, 1.82) is 0 Å². The smallest absolute Gasteiger partial charge is 0.462 e. The van der Waals surface area contributed by atoms with Crippen LogP contribution in [0.15, 0.2) is 0 Å². The summed E-state index contributed by atoms with van der Waals surface area (Å²) in [7, 11) is -9.92. The number of esters is 4. The Labute approximate surface area is 619 Å². The van der Waals surface area contributed by atoms with Gasteiger partial charge in [-0.1, -0.05) is 370 Å². The Morgan fingerprint density at radius 3 is 0.614 bits per heavy atom. The highest BCUT2D eigenvalue weighted by Gasteiger charge is 2.30. The summed E-state index contributed by atoms with van der Waals surface area (Å²) in [6, 6.07) is 0. The van der Waals surface area contributed by atoms with E-state index in [-0.39, 0.29) is 25.7 Å². The van der Waals surface area contributed by atoms with Crippen LogP contribution in [0.4, 0.5) is 0 Å². The molecule has 0 saturated heterocycles. The van der Waals surface area contributed by atoms with Gasteiger partial charge in [0.2, 0.25) is 0 Å². The highest BCUT2D eigenvalue weighted by Crippen LogP contribution is 2.45. The number of ether oxygens (including phenoxy) is 4. The third kappa shape index (κ3) is 76.1. The Balaban J connectivity index is 5.09. The number of hydrogen-bond acceptors (Lipinski definition) is 15. The Bertz CT molecular complexity index is 1970. The van der Waals surface area contributed by atoms with E-state index in [1.165, 1.54) is 218 Å². The zero-order chi connectivity index (χ0) is 74.6. The Morgan fingerprint density at radius 2 is 0.416 bits per heavy atom. The molecule has 600 valence electrons. The highest BCUT2D eigenvalue weighted by atomic mass is 31.2. The van der Waals surface area contributed by atoms with Crippen molar-refractivity contribution in [2.75, 3.05) is 39.6 Å². The minimum atomic E-state index is -4.96. The fourth-order valence-corrected chi connectivity index (χ4v) is 14.2. The zero-order valence-corrected chi connectivity index (χ0v) is 68.3. The van der Waals surface area contributed by atoms with Gasteiger partial charge in [-0.25, -0.2) is 9.13 Å². The molecule has 0 aromatic rings. The summed E-state index contributed by atoms with van der Waals surface area (Å²) in [4.78, 5) is 72.9. The maximum Gasteiger partial charge on any atom is 0.472 e. The molecule has 0 aliphatic carbocycles. The predicted octanol–water partition coefficient (Wildman–Crippen LogP) is 24.4. The molecule has 0 fully saturated rings. The number of aliphatic hydroxyl groups is 1. The van der Waals surface area contributed by atoms with Crippen molar-refractivity contribution in [3.05, 3.63) is 0 Å². The number of rotatable bonds is 79. The van der Waals surface area contributed by atoms with Gasteiger partial charge in [0.1, 0.15) is 19.3 Å². The largest absolute Gasteiger partial charge is 0.472 e. The first-order valence-electron chi connectivity index (χ1n) is 42.2. The average Bonchev–Trinajstić information content (AvgIpc) is 0.930. The van der Waals surface area contributed by atoms with E-state index in [2.05, 4.69) is 55.4 Å². The van der Waals surface area contributed by atoms with Crippen LogP contribution in [0.1, 0.15) is 421 Å². The molecule has 0 saturated carbocycles. The van der Waals surface area contributed by atoms with Crippen LogP contribution in [0.5, 0.6) is 0 Å². The first-order chi connectivity index (χ1) is 48.6. The van der Waals surface area contributed by atoms with Crippen LogP contribution in [0, 0.1) is 23.7 Å². The van der Waals surface area contributed by atoms with Crippen molar-refractivity contribution in [2.45, 2.75) is 440 Å². The van der Waals surface area contributed by atoms with Crippen LogP contribution < -0.4 is 0 Å². The minimum Gasteiger partial charge on any atom is -0.462 e. The second-order valence-electron chi connectivity index (χ2n) is 31.4. The second-order valence-corrected chi connectivity index (χ2v) is 34.3. The van der Waals surface area contributed by atoms with Crippen LogP contribution in [0.2, 0.25) is 0 Å². The zero-order valence-electron chi connectivity index (χ0n) is 66.5. The second kappa shape index (κ2) is 71.0. The number of hydrogen-bond donors (Lipinski definition) is 3. The molecule has 0 aromatic heterocycles. The van der Waals surface area contributed by atoms with Crippen LogP contribution >= 0.6 is 15.6 Å². The Hall–Kier alpha value is -1.94. The van der Waals surface area contributed by atoms with E-state index in [0.29, 0.717) is 37.5 Å². The molecular formula is C82H160O17P2. The van der Waals surface area contributed by atoms with E-state index in [1.54, 1.807) is 0 Å². The average molecular weight is 1480 g/mol. The molecule has 0 radical (unpaired) electrons. The van der Waals surface area contributed by atoms with E-state index < -0.39 is 97.5 Å². The van der Waals surface area contributed by atoms with Gasteiger partial charge in [0.05, 0.1) is 26.4 Å². The molecule has 0 amide bonds. The number of unbranched alkanes of at least 4 members (excludes halogenated alkanes) is 45. The van der Waals surface area contributed by atoms with Crippen molar-refractivity contribution in [3.8, 4) is 0 Å². The van der Waals surface area contributed by atoms with Gasteiger partial charge in [-0.05, 0) is 49.4 Å². The van der Waals surface area contributed by atoms with Gasteiger partial charge in [0.25, 0.3) is 0 Å². The van der Waals surface area contributed by atoms with Crippen LogP contribution in [0.3, 0.4) is 0 Å². The molecule has 0 bridgehead atoms. The first-order valence-corrected chi connectivity index (χ1v) is 45.2. The Morgan fingerprint density at radius 1 is 0.248 bits per heavy atom. The molecule has 101 heavy (non-hydrogen) atoms. The summed E-state index contributed by atoms with van der Waals surface area (Å²) < 4.78 is 68.6. The monoisotopic (exact) mass is 1480 g/mol. The van der Waals surface area contributed by atoms with Gasteiger partial charge in [-0.15, -0.1) is 0 Å². The van der Waals surface area contributed by atoms with Crippen LogP contribution in [-0.4, -0.2) is 96.7 Å². The molecule has 19 heteroatoms. The molecular weight excluding hydrogens is 1320 g/mol. The predicted molar refractivity (Wildman–Crippen MR) is 414 cm³/mol. The maximum absolute atomic E-state index is 13.1. The van der Waals surface area contributed by atoms with Crippen LogP contribution in [-0.2, 0) is 65.4 Å². The van der Waals surface area contributed by atoms with Crippen molar-refractivity contribution < 1.29 is 80.2 Å². The summed E-state index contributed by atoms with van der Waals surface area (Å²) in [5, 5.41) is 10.6. The molecule has 0 rings (SSSR count). The number of phosphoric ester groups is 2. The van der Waals surface area contributed by atoms with Gasteiger partial charge >= 0.3 is 39.5 Å². The third-order valence-corrected chi connectivity index (χ3v) is 21.0. The fraction of sp³-hybridized carbons (Fsp3) is 0.951.